The molecule has 0 fully saturated rings. The number of carbonyl (C=O) groups excluding carboxylic acids is 2. The third-order valence-electron chi connectivity index (χ3n) is 6.04. The molecular weight excluding hydrogens is 550 g/mol. The average molecular weight is 580 g/mol. The molecule has 2 N–H and O–H groups in total. The van der Waals surface area contributed by atoms with E-state index in [1.165, 1.54) is 35.2 Å². The Balaban J connectivity index is 1.40. The van der Waals surface area contributed by atoms with E-state index >= 15 is 0 Å². The molecule has 0 bridgehead atoms. The number of thioether (sulfide) groups is 1. The second-order valence-electron chi connectivity index (χ2n) is 9.33. The minimum Gasteiger partial charge on any atom is -0.342 e. The van der Waals surface area contributed by atoms with E-state index in [-0.39, 0.29) is 35.2 Å². The van der Waals surface area contributed by atoms with Gasteiger partial charge in [-0.15, -0.1) is 21.5 Å². The highest BCUT2D eigenvalue weighted by Gasteiger charge is 2.26. The van der Waals surface area contributed by atoms with Crippen LogP contribution >= 0.6 is 23.1 Å². The van der Waals surface area contributed by atoms with E-state index in [2.05, 4.69) is 25.8 Å². The molecule has 0 unspecified atom stereocenters. The first-order valence-corrected chi connectivity index (χ1v) is 14.5. The van der Waals surface area contributed by atoms with Gasteiger partial charge in [0, 0.05) is 35.2 Å². The van der Waals surface area contributed by atoms with Crippen LogP contribution in [0.2, 0.25) is 0 Å². The predicted molar refractivity (Wildman–Crippen MR) is 155 cm³/mol. The lowest BCUT2D eigenvalue weighted by Gasteiger charge is -2.22. The molecule has 0 spiro atoms. The number of amides is 2. The number of nitrogens with one attached hydrogen (secondary N) is 2. The first-order valence-electron chi connectivity index (χ1n) is 12.6. The molecule has 1 atom stereocenters. The number of anilines is 1. The molecule has 2 aromatic carbocycles. The largest absolute Gasteiger partial charge is 0.342 e. The summed E-state index contributed by atoms with van der Waals surface area (Å²) in [5, 5.41) is 28.3. The Hall–Kier alpha value is -4.10. The molecule has 11 nitrogen and oxygen atoms in total. The Morgan fingerprint density at radius 2 is 1.90 bits per heavy atom. The molecule has 13 heteroatoms. The quantitative estimate of drug-likeness (QED) is 0.135. The molecule has 2 amide bonds. The van der Waals surface area contributed by atoms with Crippen LogP contribution < -0.4 is 10.6 Å². The zero-order valence-corrected chi connectivity index (χ0v) is 24.1. The van der Waals surface area contributed by atoms with Crippen molar-refractivity contribution >= 4 is 45.7 Å². The van der Waals surface area contributed by atoms with Gasteiger partial charge in [0.05, 0.1) is 22.4 Å². The number of nitrogens with zero attached hydrogens (tertiary/aromatic N) is 5. The first kappa shape index (κ1) is 28.9. The fraction of sp³-hybridized carbons (Fsp3) is 0.296. The maximum atomic E-state index is 12.9. The SMILES string of the molecule is CCn1c(SCC(=O)Nc2nc(-c3cccc([N+](=O)[O-])c3)cs2)nnc1[C@@H](NC(=O)c1ccc(C)cc1)C(C)C. The fourth-order valence-electron chi connectivity index (χ4n) is 3.92. The van der Waals surface area contributed by atoms with Crippen LogP contribution in [0.3, 0.4) is 0 Å². The summed E-state index contributed by atoms with van der Waals surface area (Å²) >= 11 is 2.48. The lowest BCUT2D eigenvalue weighted by molar-refractivity contribution is -0.384. The normalized spacial score (nSPS) is 11.8. The van der Waals surface area contributed by atoms with Crippen LogP contribution in [0, 0.1) is 23.0 Å². The topological polar surface area (TPSA) is 145 Å². The maximum Gasteiger partial charge on any atom is 0.270 e. The summed E-state index contributed by atoms with van der Waals surface area (Å²) in [6.45, 7) is 8.50. The smallest absolute Gasteiger partial charge is 0.270 e. The molecule has 0 aliphatic carbocycles. The maximum absolute atomic E-state index is 12.9. The van der Waals surface area contributed by atoms with E-state index in [0.29, 0.717) is 39.5 Å². The minimum absolute atomic E-state index is 0.0266. The number of nitro benzene ring substituents is 1. The monoisotopic (exact) mass is 579 g/mol. The summed E-state index contributed by atoms with van der Waals surface area (Å²) in [4.78, 5) is 40.6. The number of hydrogen-bond donors (Lipinski definition) is 2. The van der Waals surface area contributed by atoms with Crippen molar-refractivity contribution in [2.24, 2.45) is 5.92 Å². The highest BCUT2D eigenvalue weighted by atomic mass is 32.2. The third-order valence-corrected chi connectivity index (χ3v) is 7.77. The van der Waals surface area contributed by atoms with Crippen LogP contribution in [0.4, 0.5) is 10.8 Å². The molecule has 2 heterocycles. The molecule has 4 aromatic rings. The van der Waals surface area contributed by atoms with Gasteiger partial charge in [0.2, 0.25) is 5.91 Å². The molecule has 0 radical (unpaired) electrons. The minimum atomic E-state index is -0.461. The van der Waals surface area contributed by atoms with Crippen LogP contribution in [0.15, 0.2) is 59.1 Å². The summed E-state index contributed by atoms with van der Waals surface area (Å²) in [7, 11) is 0. The van der Waals surface area contributed by atoms with E-state index in [9.17, 15) is 19.7 Å². The van der Waals surface area contributed by atoms with E-state index < -0.39 is 4.92 Å². The molecule has 0 saturated heterocycles. The van der Waals surface area contributed by atoms with Gasteiger partial charge in [-0.05, 0) is 31.9 Å². The first-order chi connectivity index (χ1) is 19.2. The number of carbonyl (C=O) groups is 2. The summed E-state index contributed by atoms with van der Waals surface area (Å²) < 4.78 is 1.90. The summed E-state index contributed by atoms with van der Waals surface area (Å²) in [5.74, 6) is 0.292. The van der Waals surface area contributed by atoms with Gasteiger partial charge in [-0.25, -0.2) is 4.98 Å². The average Bonchev–Trinajstić information content (AvgIpc) is 3.57. The van der Waals surface area contributed by atoms with Gasteiger partial charge < -0.3 is 15.2 Å². The van der Waals surface area contributed by atoms with E-state index in [1.807, 2.05) is 44.4 Å². The number of thiazole rings is 1. The van der Waals surface area contributed by atoms with Crippen molar-refractivity contribution in [3.63, 3.8) is 0 Å². The van der Waals surface area contributed by atoms with Crippen molar-refractivity contribution in [2.45, 2.75) is 45.4 Å². The Bertz CT molecular complexity index is 1520. The van der Waals surface area contributed by atoms with Crippen LogP contribution in [0.1, 0.15) is 48.6 Å². The molecule has 0 saturated carbocycles. The number of non-ortho nitro benzene ring substituents is 1. The predicted octanol–water partition coefficient (Wildman–Crippen LogP) is 5.50. The summed E-state index contributed by atoms with van der Waals surface area (Å²) in [5.41, 5.74) is 2.76. The fourth-order valence-corrected chi connectivity index (χ4v) is 5.47. The second kappa shape index (κ2) is 12.8. The van der Waals surface area contributed by atoms with E-state index in [4.69, 9.17) is 0 Å². The summed E-state index contributed by atoms with van der Waals surface area (Å²) in [6.07, 6.45) is 0. The van der Waals surface area contributed by atoms with Crippen molar-refractivity contribution in [3.8, 4) is 11.3 Å². The Morgan fingerprint density at radius 1 is 1.15 bits per heavy atom. The molecule has 208 valence electrons. The molecule has 2 aromatic heterocycles. The van der Waals surface area contributed by atoms with Crippen LogP contribution in [-0.4, -0.2) is 42.2 Å². The molecular formula is C27H29N7O4S2. The third kappa shape index (κ3) is 6.90. The van der Waals surface area contributed by atoms with E-state index in [0.717, 1.165) is 5.56 Å². The number of aryl methyl sites for hydroxylation is 1. The van der Waals surface area contributed by atoms with Crippen molar-refractivity contribution < 1.29 is 14.5 Å². The Kier molecular flexibility index (Phi) is 9.27. The van der Waals surface area contributed by atoms with Crippen LogP contribution in [0.5, 0.6) is 0 Å². The number of hydrogen-bond acceptors (Lipinski definition) is 9. The lowest BCUT2D eigenvalue weighted by atomic mass is 10.0. The number of rotatable bonds is 11. The molecule has 4 rings (SSSR count). The Labute approximate surface area is 239 Å². The van der Waals surface area contributed by atoms with Crippen molar-refractivity contribution in [1.29, 1.82) is 0 Å². The van der Waals surface area contributed by atoms with Gasteiger partial charge in [-0.2, -0.15) is 0 Å². The van der Waals surface area contributed by atoms with Gasteiger partial charge >= 0.3 is 0 Å². The van der Waals surface area contributed by atoms with Gasteiger partial charge in [-0.1, -0.05) is 55.4 Å². The highest BCUT2D eigenvalue weighted by molar-refractivity contribution is 7.99. The van der Waals surface area contributed by atoms with E-state index in [1.54, 1.807) is 29.6 Å². The summed E-state index contributed by atoms with van der Waals surface area (Å²) in [6, 6.07) is 13.2. The van der Waals surface area contributed by atoms with Crippen molar-refractivity contribution in [3.05, 3.63) is 81.0 Å². The molecule has 0 aliphatic rings. The standard InChI is InChI=1S/C27H29N7O4S2/c1-5-33-24(23(16(2)3)30-25(36)18-11-9-17(4)10-12-18)31-32-27(33)40-15-22(35)29-26-28-21(14-39-26)19-7-6-8-20(13-19)34(37)38/h6-14,16,23H,5,15H2,1-4H3,(H,30,36)(H,28,29,35)/t23-/m0/s1. The highest BCUT2D eigenvalue weighted by Crippen LogP contribution is 2.29. The van der Waals surface area contributed by atoms with Gasteiger partial charge in [0.15, 0.2) is 16.1 Å². The van der Waals surface area contributed by atoms with Gasteiger partial charge in [0.25, 0.3) is 11.6 Å². The Morgan fingerprint density at radius 3 is 2.58 bits per heavy atom. The molecule has 0 aliphatic heterocycles. The van der Waals surface area contributed by atoms with Gasteiger partial charge in [0.1, 0.15) is 0 Å². The van der Waals surface area contributed by atoms with Crippen molar-refractivity contribution in [2.75, 3.05) is 11.1 Å². The second-order valence-corrected chi connectivity index (χ2v) is 11.1. The zero-order valence-electron chi connectivity index (χ0n) is 22.5. The number of aromatic nitrogens is 4. The number of nitro groups is 1. The van der Waals surface area contributed by atoms with Crippen LogP contribution in [0.25, 0.3) is 11.3 Å². The van der Waals surface area contributed by atoms with Gasteiger partial charge in [-0.3, -0.25) is 19.7 Å². The lowest BCUT2D eigenvalue weighted by Crippen LogP contribution is -2.33. The molecule has 40 heavy (non-hydrogen) atoms. The van der Waals surface area contributed by atoms with Crippen molar-refractivity contribution in [1.82, 2.24) is 25.1 Å². The number of benzene rings is 2. The zero-order chi connectivity index (χ0) is 28.8. The van der Waals surface area contributed by atoms with Crippen LogP contribution in [-0.2, 0) is 11.3 Å².